The second-order valence-corrected chi connectivity index (χ2v) is 7.55. The van der Waals surface area contributed by atoms with E-state index in [1.807, 2.05) is 36.4 Å². The number of piperidine rings is 1. The zero-order chi connectivity index (χ0) is 22.3. The predicted octanol–water partition coefficient (Wildman–Crippen LogP) is 3.46. The van der Waals surface area contributed by atoms with Crippen molar-refractivity contribution >= 4 is 11.7 Å². The fraction of sp³-hybridized carbons (Fsp3) is 0.292. The Morgan fingerprint density at radius 3 is 2.50 bits per heavy atom. The van der Waals surface area contributed by atoms with E-state index in [1.54, 1.807) is 7.11 Å². The lowest BCUT2D eigenvalue weighted by atomic mass is 10.0. The molecule has 0 saturated carbocycles. The number of rotatable bonds is 7. The third kappa shape index (κ3) is 5.32. The molecule has 0 bridgehead atoms. The van der Waals surface area contributed by atoms with E-state index in [4.69, 9.17) is 9.47 Å². The third-order valence-corrected chi connectivity index (χ3v) is 5.40. The van der Waals surface area contributed by atoms with Crippen LogP contribution < -0.4 is 19.7 Å². The SMILES string of the molecule is COc1ccccc1-c1ccc(N2CCC(NC(=O)COc3ccc(F)cc3)CC2)nn1. The van der Waals surface area contributed by atoms with Crippen molar-refractivity contribution in [2.45, 2.75) is 18.9 Å². The number of aromatic nitrogens is 2. The molecule has 2 aromatic carbocycles. The van der Waals surface area contributed by atoms with E-state index < -0.39 is 0 Å². The molecule has 0 aliphatic carbocycles. The largest absolute Gasteiger partial charge is 0.496 e. The smallest absolute Gasteiger partial charge is 0.258 e. The molecule has 1 aliphatic rings. The van der Waals surface area contributed by atoms with Crippen LogP contribution in [0.15, 0.2) is 60.7 Å². The number of nitrogens with one attached hydrogen (secondary N) is 1. The van der Waals surface area contributed by atoms with Crippen LogP contribution in [-0.2, 0) is 4.79 Å². The molecule has 0 unspecified atom stereocenters. The zero-order valence-corrected chi connectivity index (χ0v) is 17.8. The van der Waals surface area contributed by atoms with Gasteiger partial charge in [-0.25, -0.2) is 4.39 Å². The summed E-state index contributed by atoms with van der Waals surface area (Å²) < 4.78 is 23.7. The molecule has 32 heavy (non-hydrogen) atoms. The average molecular weight is 436 g/mol. The number of carbonyl (C=O) groups is 1. The quantitative estimate of drug-likeness (QED) is 0.611. The number of halogens is 1. The highest BCUT2D eigenvalue weighted by Crippen LogP contribution is 2.28. The maximum Gasteiger partial charge on any atom is 0.258 e. The average Bonchev–Trinajstić information content (AvgIpc) is 2.84. The summed E-state index contributed by atoms with van der Waals surface area (Å²) in [5.41, 5.74) is 1.66. The number of amides is 1. The van der Waals surface area contributed by atoms with Crippen molar-refractivity contribution in [3.8, 4) is 22.8 Å². The second-order valence-electron chi connectivity index (χ2n) is 7.55. The van der Waals surface area contributed by atoms with Gasteiger partial charge in [-0.3, -0.25) is 4.79 Å². The van der Waals surface area contributed by atoms with Gasteiger partial charge in [0.05, 0.1) is 12.8 Å². The van der Waals surface area contributed by atoms with Gasteiger partial charge in [-0.15, -0.1) is 10.2 Å². The lowest BCUT2D eigenvalue weighted by Gasteiger charge is -2.32. The summed E-state index contributed by atoms with van der Waals surface area (Å²) in [6, 6.07) is 17.3. The van der Waals surface area contributed by atoms with E-state index in [1.165, 1.54) is 24.3 Å². The van der Waals surface area contributed by atoms with Crippen LogP contribution >= 0.6 is 0 Å². The summed E-state index contributed by atoms with van der Waals surface area (Å²) in [5, 5.41) is 11.8. The molecule has 1 saturated heterocycles. The summed E-state index contributed by atoms with van der Waals surface area (Å²) in [7, 11) is 1.64. The molecule has 1 fully saturated rings. The molecule has 4 rings (SSSR count). The van der Waals surface area contributed by atoms with Crippen molar-refractivity contribution in [1.29, 1.82) is 0 Å². The van der Waals surface area contributed by atoms with Crippen LogP contribution in [0.3, 0.4) is 0 Å². The number of ether oxygens (including phenoxy) is 2. The van der Waals surface area contributed by atoms with Crippen LogP contribution in [0.2, 0.25) is 0 Å². The standard InChI is InChI=1S/C24H25FN4O3/c1-31-22-5-3-2-4-20(22)21-10-11-23(28-27-21)29-14-12-18(13-15-29)26-24(30)16-32-19-8-6-17(25)7-9-19/h2-11,18H,12-16H2,1H3,(H,26,30). The van der Waals surface area contributed by atoms with E-state index in [-0.39, 0.29) is 24.4 Å². The molecule has 1 amide bonds. The minimum absolute atomic E-state index is 0.0800. The number of hydrogen-bond acceptors (Lipinski definition) is 6. The van der Waals surface area contributed by atoms with Gasteiger partial charge < -0.3 is 19.7 Å². The second kappa shape index (κ2) is 10.1. The van der Waals surface area contributed by atoms with Gasteiger partial charge in [0, 0.05) is 24.7 Å². The van der Waals surface area contributed by atoms with Crippen LogP contribution in [0.25, 0.3) is 11.3 Å². The van der Waals surface area contributed by atoms with E-state index >= 15 is 0 Å². The highest BCUT2D eigenvalue weighted by molar-refractivity contribution is 5.77. The lowest BCUT2D eigenvalue weighted by molar-refractivity contribution is -0.123. The zero-order valence-electron chi connectivity index (χ0n) is 17.8. The normalized spacial score (nSPS) is 14.1. The molecule has 1 N–H and O–H groups in total. The Morgan fingerprint density at radius 2 is 1.81 bits per heavy atom. The molecule has 8 heteroatoms. The monoisotopic (exact) mass is 436 g/mol. The Kier molecular flexibility index (Phi) is 6.79. The summed E-state index contributed by atoms with van der Waals surface area (Å²) in [6.45, 7) is 1.45. The van der Waals surface area contributed by atoms with E-state index in [9.17, 15) is 9.18 Å². The fourth-order valence-electron chi connectivity index (χ4n) is 3.70. The van der Waals surface area contributed by atoms with Crippen molar-refractivity contribution in [1.82, 2.24) is 15.5 Å². The highest BCUT2D eigenvalue weighted by Gasteiger charge is 2.22. The molecule has 1 aliphatic heterocycles. The van der Waals surface area contributed by atoms with E-state index in [0.717, 1.165) is 48.8 Å². The number of methoxy groups -OCH3 is 1. The summed E-state index contributed by atoms with van der Waals surface area (Å²) in [6.07, 6.45) is 1.61. The number of nitrogens with zero attached hydrogens (tertiary/aromatic N) is 3. The van der Waals surface area contributed by atoms with Gasteiger partial charge in [-0.2, -0.15) is 0 Å². The van der Waals surface area contributed by atoms with Crippen molar-refractivity contribution < 1.29 is 18.7 Å². The first-order chi connectivity index (χ1) is 15.6. The number of para-hydroxylation sites is 1. The van der Waals surface area contributed by atoms with Crippen LogP contribution in [0.5, 0.6) is 11.5 Å². The van der Waals surface area contributed by atoms with Crippen LogP contribution in [-0.4, -0.2) is 49.0 Å². The van der Waals surface area contributed by atoms with Gasteiger partial charge in [0.15, 0.2) is 12.4 Å². The Hall–Kier alpha value is -3.68. The summed E-state index contributed by atoms with van der Waals surface area (Å²) in [4.78, 5) is 14.3. The first-order valence-electron chi connectivity index (χ1n) is 10.5. The third-order valence-electron chi connectivity index (χ3n) is 5.40. The Balaban J connectivity index is 1.26. The molecule has 2 heterocycles. The molecule has 0 radical (unpaired) electrons. The van der Waals surface area contributed by atoms with Crippen molar-refractivity contribution in [3.63, 3.8) is 0 Å². The van der Waals surface area contributed by atoms with Crippen molar-refractivity contribution in [2.24, 2.45) is 0 Å². The van der Waals surface area contributed by atoms with E-state index in [0.29, 0.717) is 5.75 Å². The van der Waals surface area contributed by atoms with Gasteiger partial charge in [0.1, 0.15) is 17.3 Å². The lowest BCUT2D eigenvalue weighted by Crippen LogP contribution is -2.46. The van der Waals surface area contributed by atoms with Crippen LogP contribution in [0, 0.1) is 5.82 Å². The van der Waals surface area contributed by atoms with Crippen molar-refractivity contribution in [3.05, 3.63) is 66.5 Å². The first kappa shape index (κ1) is 21.5. The molecular weight excluding hydrogens is 411 g/mol. The molecule has 1 aromatic heterocycles. The molecular formula is C24H25FN4O3. The highest BCUT2D eigenvalue weighted by atomic mass is 19.1. The van der Waals surface area contributed by atoms with Crippen LogP contribution in [0.4, 0.5) is 10.2 Å². The molecule has 7 nitrogen and oxygen atoms in total. The fourth-order valence-corrected chi connectivity index (χ4v) is 3.70. The summed E-state index contributed by atoms with van der Waals surface area (Å²) >= 11 is 0. The Morgan fingerprint density at radius 1 is 1.06 bits per heavy atom. The Labute approximate surface area is 186 Å². The number of benzene rings is 2. The van der Waals surface area contributed by atoms with Crippen LogP contribution in [0.1, 0.15) is 12.8 Å². The first-order valence-corrected chi connectivity index (χ1v) is 10.5. The minimum atomic E-state index is -0.340. The number of anilines is 1. The van der Waals surface area contributed by atoms with Gasteiger partial charge in [-0.1, -0.05) is 12.1 Å². The van der Waals surface area contributed by atoms with Crippen molar-refractivity contribution in [2.75, 3.05) is 31.7 Å². The minimum Gasteiger partial charge on any atom is -0.496 e. The molecule has 0 spiro atoms. The summed E-state index contributed by atoms with van der Waals surface area (Å²) in [5.74, 6) is 1.51. The number of hydrogen-bond donors (Lipinski definition) is 1. The predicted molar refractivity (Wildman–Crippen MR) is 119 cm³/mol. The number of carbonyl (C=O) groups excluding carboxylic acids is 1. The molecule has 0 atom stereocenters. The maximum atomic E-state index is 12.9. The topological polar surface area (TPSA) is 76.6 Å². The van der Waals surface area contributed by atoms with E-state index in [2.05, 4.69) is 20.4 Å². The molecule has 3 aromatic rings. The van der Waals surface area contributed by atoms with Gasteiger partial charge >= 0.3 is 0 Å². The maximum absolute atomic E-state index is 12.9. The Bertz CT molecular complexity index is 1040. The van der Waals surface area contributed by atoms with Gasteiger partial charge in [-0.05, 0) is 61.4 Å². The van der Waals surface area contributed by atoms with Gasteiger partial charge in [0.25, 0.3) is 5.91 Å². The molecule has 166 valence electrons. The van der Waals surface area contributed by atoms with Gasteiger partial charge in [0.2, 0.25) is 0 Å².